The van der Waals surface area contributed by atoms with Crippen molar-refractivity contribution in [2.45, 2.75) is 38.7 Å². The van der Waals surface area contributed by atoms with Gasteiger partial charge >= 0.3 is 0 Å². The molecule has 1 aromatic rings. The monoisotopic (exact) mass is 345 g/mol. The fraction of sp³-hybridized carbons (Fsp3) is 0.600. The molecule has 0 heterocycles. The minimum atomic E-state index is -0.583. The average Bonchev–Trinajstić information content (AvgIpc) is 2.38. The Morgan fingerprint density at radius 2 is 2.32 bits per heavy atom. The Kier molecular flexibility index (Phi) is 4.93. The number of aliphatic hydroxyl groups excluding tert-OH is 1. The second-order valence-electron chi connectivity index (χ2n) is 5.84. The van der Waals surface area contributed by atoms with E-state index in [-0.39, 0.29) is 5.41 Å². The molecule has 1 fully saturated rings. The van der Waals surface area contributed by atoms with Crippen molar-refractivity contribution in [1.29, 1.82) is 0 Å². The van der Waals surface area contributed by atoms with Crippen molar-refractivity contribution < 1.29 is 5.11 Å². The molecule has 1 aliphatic carbocycles. The van der Waals surface area contributed by atoms with Crippen LogP contribution in [0.3, 0.4) is 0 Å². The second kappa shape index (κ2) is 6.13. The van der Waals surface area contributed by atoms with Gasteiger partial charge in [0.2, 0.25) is 0 Å². The van der Waals surface area contributed by atoms with Crippen LogP contribution >= 0.6 is 27.5 Å². The predicted molar refractivity (Wildman–Crippen MR) is 83.2 cm³/mol. The molecule has 19 heavy (non-hydrogen) atoms. The van der Waals surface area contributed by atoms with Gasteiger partial charge in [0.1, 0.15) is 0 Å². The summed E-state index contributed by atoms with van der Waals surface area (Å²) in [5.41, 5.74) is 6.58. The lowest BCUT2D eigenvalue weighted by atomic mass is 9.65. The summed E-state index contributed by atoms with van der Waals surface area (Å²) in [7, 11) is 0. The Labute approximate surface area is 128 Å². The minimum Gasteiger partial charge on any atom is -0.388 e. The van der Waals surface area contributed by atoms with E-state index in [0.29, 0.717) is 17.5 Å². The van der Waals surface area contributed by atoms with Gasteiger partial charge in [-0.2, -0.15) is 0 Å². The zero-order chi connectivity index (χ0) is 14.0. The van der Waals surface area contributed by atoms with Crippen molar-refractivity contribution in [3.05, 3.63) is 33.3 Å². The molecule has 0 bridgehead atoms. The molecule has 106 valence electrons. The summed E-state index contributed by atoms with van der Waals surface area (Å²) in [6, 6.07) is 5.64. The zero-order valence-corrected chi connectivity index (χ0v) is 13.5. The van der Waals surface area contributed by atoms with Crippen molar-refractivity contribution in [2.24, 2.45) is 17.1 Å². The van der Waals surface area contributed by atoms with E-state index in [0.717, 1.165) is 29.3 Å². The lowest BCUT2D eigenvalue weighted by Gasteiger charge is -2.43. The molecule has 2 rings (SSSR count). The van der Waals surface area contributed by atoms with Crippen LogP contribution in [0.15, 0.2) is 22.7 Å². The van der Waals surface area contributed by atoms with Crippen molar-refractivity contribution in [3.8, 4) is 0 Å². The molecule has 1 aromatic carbocycles. The number of aliphatic hydroxyl groups is 1. The van der Waals surface area contributed by atoms with E-state index >= 15 is 0 Å². The topological polar surface area (TPSA) is 46.2 Å². The molecule has 0 spiro atoms. The Bertz CT molecular complexity index is 454. The standard InChI is InChI=1S/C15H21BrClNO/c1-10-3-2-6-15(8-10,9-18)14(19)12-5-4-11(16)7-13(12)17/h4-5,7,10,14,19H,2-3,6,8-9,18H2,1H3. The van der Waals surface area contributed by atoms with Crippen LogP contribution in [0.1, 0.15) is 44.3 Å². The van der Waals surface area contributed by atoms with Crippen molar-refractivity contribution in [2.75, 3.05) is 6.54 Å². The zero-order valence-electron chi connectivity index (χ0n) is 11.2. The Hall–Kier alpha value is -0.0900. The quantitative estimate of drug-likeness (QED) is 0.857. The number of benzene rings is 1. The maximum absolute atomic E-state index is 10.8. The summed E-state index contributed by atoms with van der Waals surface area (Å²) in [5.74, 6) is 0.612. The van der Waals surface area contributed by atoms with E-state index in [1.165, 1.54) is 6.42 Å². The molecule has 0 aliphatic heterocycles. The largest absolute Gasteiger partial charge is 0.388 e. The highest BCUT2D eigenvalue weighted by Crippen LogP contribution is 2.48. The molecule has 0 saturated heterocycles. The molecular weight excluding hydrogens is 326 g/mol. The first kappa shape index (κ1) is 15.3. The van der Waals surface area contributed by atoms with Crippen LogP contribution in [0.4, 0.5) is 0 Å². The fourth-order valence-corrected chi connectivity index (χ4v) is 4.08. The fourth-order valence-electron chi connectivity index (χ4n) is 3.30. The first-order valence-electron chi connectivity index (χ1n) is 6.81. The summed E-state index contributed by atoms with van der Waals surface area (Å²) >= 11 is 9.66. The molecule has 3 atom stereocenters. The van der Waals surface area contributed by atoms with Crippen LogP contribution in [0.25, 0.3) is 0 Å². The maximum atomic E-state index is 10.8. The summed E-state index contributed by atoms with van der Waals surface area (Å²) in [6.45, 7) is 2.74. The highest BCUT2D eigenvalue weighted by atomic mass is 79.9. The lowest BCUT2D eigenvalue weighted by Crippen LogP contribution is -2.40. The summed E-state index contributed by atoms with van der Waals surface area (Å²) < 4.78 is 0.923. The van der Waals surface area contributed by atoms with Crippen LogP contribution in [-0.4, -0.2) is 11.7 Å². The van der Waals surface area contributed by atoms with Crippen LogP contribution in [0.5, 0.6) is 0 Å². The Balaban J connectivity index is 2.32. The molecule has 1 saturated carbocycles. The third kappa shape index (κ3) is 3.15. The summed E-state index contributed by atoms with van der Waals surface area (Å²) in [5, 5.41) is 11.4. The average molecular weight is 347 g/mol. The van der Waals surface area contributed by atoms with Crippen molar-refractivity contribution in [3.63, 3.8) is 0 Å². The normalized spacial score (nSPS) is 29.2. The molecular formula is C15H21BrClNO. The van der Waals surface area contributed by atoms with Gasteiger partial charge in [-0.15, -0.1) is 0 Å². The number of hydrogen-bond donors (Lipinski definition) is 2. The van der Waals surface area contributed by atoms with Crippen molar-refractivity contribution >= 4 is 27.5 Å². The molecule has 3 unspecified atom stereocenters. The number of hydrogen-bond acceptors (Lipinski definition) is 2. The molecule has 1 aliphatic rings. The SMILES string of the molecule is CC1CCCC(CN)(C(O)c2ccc(Br)cc2Cl)C1. The van der Waals surface area contributed by atoms with Crippen molar-refractivity contribution in [1.82, 2.24) is 0 Å². The van der Waals surface area contributed by atoms with Gasteiger partial charge in [-0.3, -0.25) is 0 Å². The van der Waals surface area contributed by atoms with Gasteiger partial charge in [-0.05, 0) is 36.5 Å². The summed E-state index contributed by atoms with van der Waals surface area (Å²) in [6.07, 6.45) is 3.71. The van der Waals surface area contributed by atoms with Gasteiger partial charge in [-0.25, -0.2) is 0 Å². The van der Waals surface area contributed by atoms with Crippen LogP contribution < -0.4 is 5.73 Å². The van der Waals surface area contributed by atoms with E-state index < -0.39 is 6.10 Å². The first-order chi connectivity index (χ1) is 8.98. The second-order valence-corrected chi connectivity index (χ2v) is 7.16. The molecule has 0 radical (unpaired) electrons. The van der Waals surface area contributed by atoms with E-state index in [2.05, 4.69) is 22.9 Å². The molecule has 2 nitrogen and oxygen atoms in total. The third-order valence-corrected chi connectivity index (χ3v) is 5.19. The van der Waals surface area contributed by atoms with Gasteiger partial charge in [-0.1, -0.05) is 53.4 Å². The third-order valence-electron chi connectivity index (χ3n) is 4.37. The van der Waals surface area contributed by atoms with E-state index in [4.69, 9.17) is 17.3 Å². The lowest BCUT2D eigenvalue weighted by molar-refractivity contribution is -0.0130. The number of halogens is 2. The highest BCUT2D eigenvalue weighted by Gasteiger charge is 2.41. The maximum Gasteiger partial charge on any atom is 0.0872 e. The smallest absolute Gasteiger partial charge is 0.0872 e. The summed E-state index contributed by atoms with van der Waals surface area (Å²) in [4.78, 5) is 0. The molecule has 0 amide bonds. The number of nitrogens with two attached hydrogens (primary N) is 1. The Morgan fingerprint density at radius 1 is 1.58 bits per heavy atom. The first-order valence-corrected chi connectivity index (χ1v) is 7.99. The molecule has 0 aromatic heterocycles. The van der Waals surface area contributed by atoms with Crippen LogP contribution in [0, 0.1) is 11.3 Å². The Morgan fingerprint density at radius 3 is 2.89 bits per heavy atom. The van der Waals surface area contributed by atoms with Gasteiger partial charge in [0.05, 0.1) is 6.10 Å². The molecule has 4 heteroatoms. The minimum absolute atomic E-state index is 0.227. The van der Waals surface area contributed by atoms with E-state index in [1.807, 2.05) is 18.2 Å². The highest BCUT2D eigenvalue weighted by molar-refractivity contribution is 9.10. The van der Waals surface area contributed by atoms with Gasteiger partial charge in [0.25, 0.3) is 0 Å². The van der Waals surface area contributed by atoms with E-state index in [1.54, 1.807) is 0 Å². The van der Waals surface area contributed by atoms with Crippen LogP contribution in [0.2, 0.25) is 5.02 Å². The van der Waals surface area contributed by atoms with Gasteiger partial charge < -0.3 is 10.8 Å². The predicted octanol–water partition coefficient (Wildman–Crippen LogP) is 4.29. The molecule has 3 N–H and O–H groups in total. The van der Waals surface area contributed by atoms with E-state index in [9.17, 15) is 5.11 Å². The van der Waals surface area contributed by atoms with Gasteiger partial charge in [0.15, 0.2) is 0 Å². The number of rotatable bonds is 3. The van der Waals surface area contributed by atoms with Gasteiger partial charge in [0, 0.05) is 21.5 Å². The van der Waals surface area contributed by atoms with Crippen LogP contribution in [-0.2, 0) is 0 Å².